The van der Waals surface area contributed by atoms with Crippen LogP contribution in [0.3, 0.4) is 0 Å². The van der Waals surface area contributed by atoms with Crippen LogP contribution >= 0.6 is 0 Å². The van der Waals surface area contributed by atoms with Gasteiger partial charge in [0.15, 0.2) is 11.5 Å². The van der Waals surface area contributed by atoms with E-state index in [1.165, 1.54) is 11.1 Å². The average Bonchev–Trinajstić information content (AvgIpc) is 2.87. The number of benzene rings is 1. The first-order valence-electron chi connectivity index (χ1n) is 8.62. The average molecular weight is 340 g/mol. The maximum absolute atomic E-state index is 12.6. The van der Waals surface area contributed by atoms with Crippen molar-refractivity contribution in [3.63, 3.8) is 0 Å². The summed E-state index contributed by atoms with van der Waals surface area (Å²) < 4.78 is 10.8. The molecule has 25 heavy (non-hydrogen) atoms. The molecule has 1 aliphatic rings. The highest BCUT2D eigenvalue weighted by molar-refractivity contribution is 5.76. The van der Waals surface area contributed by atoms with Gasteiger partial charge in [0.25, 0.3) is 0 Å². The first-order chi connectivity index (χ1) is 12.2. The van der Waals surface area contributed by atoms with E-state index < -0.39 is 0 Å². The summed E-state index contributed by atoms with van der Waals surface area (Å²) in [5.74, 6) is 1.68. The summed E-state index contributed by atoms with van der Waals surface area (Å²) in [7, 11) is 3.29. The van der Waals surface area contributed by atoms with Crippen molar-refractivity contribution in [2.75, 3.05) is 27.3 Å². The van der Waals surface area contributed by atoms with E-state index in [0.717, 1.165) is 43.1 Å². The topological polar surface area (TPSA) is 51.7 Å². The molecule has 0 radical (unpaired) electrons. The second-order valence-electron chi connectivity index (χ2n) is 6.18. The van der Waals surface area contributed by atoms with Crippen molar-refractivity contribution in [1.82, 2.24) is 9.88 Å². The van der Waals surface area contributed by atoms with E-state index in [1.807, 2.05) is 35.2 Å². The highest BCUT2D eigenvalue weighted by atomic mass is 16.5. The third kappa shape index (κ3) is 4.10. The molecule has 1 amide bonds. The number of hydrogen-bond donors (Lipinski definition) is 0. The fraction of sp³-hybridized carbons (Fsp3) is 0.400. The number of amides is 1. The Kier molecular flexibility index (Phi) is 5.53. The summed E-state index contributed by atoms with van der Waals surface area (Å²) in [5.41, 5.74) is 3.43. The Hall–Kier alpha value is -2.56. The molecule has 0 spiro atoms. The van der Waals surface area contributed by atoms with Crippen molar-refractivity contribution in [3.05, 3.63) is 53.3 Å². The summed E-state index contributed by atoms with van der Waals surface area (Å²) >= 11 is 0. The molecule has 5 nitrogen and oxygen atoms in total. The molecule has 0 aliphatic carbocycles. The molecule has 132 valence electrons. The van der Waals surface area contributed by atoms with Crippen LogP contribution in [0.4, 0.5) is 0 Å². The first kappa shape index (κ1) is 17.3. The number of nitrogens with zero attached hydrogens (tertiary/aromatic N) is 2. The van der Waals surface area contributed by atoms with Gasteiger partial charge in [-0.1, -0.05) is 6.07 Å². The van der Waals surface area contributed by atoms with Crippen LogP contribution in [-0.2, 0) is 24.1 Å². The van der Waals surface area contributed by atoms with E-state index >= 15 is 0 Å². The first-order valence-corrected chi connectivity index (χ1v) is 8.62. The minimum absolute atomic E-state index is 0.192. The Bertz CT molecular complexity index is 696. The summed E-state index contributed by atoms with van der Waals surface area (Å²) in [6.07, 6.45) is 4.63. The van der Waals surface area contributed by atoms with Crippen LogP contribution < -0.4 is 9.47 Å². The molecule has 0 bridgehead atoms. The minimum Gasteiger partial charge on any atom is -0.493 e. The van der Waals surface area contributed by atoms with Crippen LogP contribution in [0.5, 0.6) is 11.5 Å². The van der Waals surface area contributed by atoms with Gasteiger partial charge >= 0.3 is 0 Å². The van der Waals surface area contributed by atoms with Gasteiger partial charge in [-0.15, -0.1) is 0 Å². The van der Waals surface area contributed by atoms with Gasteiger partial charge in [-0.3, -0.25) is 9.78 Å². The number of methoxy groups -OCH3 is 2. The quantitative estimate of drug-likeness (QED) is 0.840. The Morgan fingerprint density at radius 1 is 1.08 bits per heavy atom. The predicted molar refractivity (Wildman–Crippen MR) is 96.1 cm³/mol. The van der Waals surface area contributed by atoms with Gasteiger partial charge in [0.1, 0.15) is 0 Å². The van der Waals surface area contributed by atoms with Gasteiger partial charge in [-0.2, -0.15) is 0 Å². The number of carbonyl (C=O) groups excluding carboxylic acids is 1. The van der Waals surface area contributed by atoms with E-state index in [0.29, 0.717) is 12.8 Å². The Labute approximate surface area is 148 Å². The van der Waals surface area contributed by atoms with Crippen molar-refractivity contribution >= 4 is 5.91 Å². The molecule has 0 unspecified atom stereocenters. The molecule has 1 aromatic heterocycles. The fourth-order valence-electron chi connectivity index (χ4n) is 3.24. The molecule has 5 heteroatoms. The lowest BCUT2D eigenvalue weighted by atomic mass is 10.0. The zero-order chi connectivity index (χ0) is 17.6. The molecular formula is C20H24N2O3. The highest BCUT2D eigenvalue weighted by Gasteiger charge is 2.20. The number of aryl methyl sites for hydroxylation is 1. The van der Waals surface area contributed by atoms with Gasteiger partial charge in [0.2, 0.25) is 5.91 Å². The second-order valence-corrected chi connectivity index (χ2v) is 6.18. The number of hydrogen-bond acceptors (Lipinski definition) is 4. The van der Waals surface area contributed by atoms with Crippen molar-refractivity contribution in [3.8, 4) is 11.5 Å². The normalized spacial score (nSPS) is 13.8. The lowest BCUT2D eigenvalue weighted by Gasteiger charge is -2.20. The molecule has 1 aromatic carbocycles. The molecule has 0 atom stereocenters. The number of pyridine rings is 1. The zero-order valence-corrected chi connectivity index (χ0v) is 14.8. The summed E-state index contributed by atoms with van der Waals surface area (Å²) in [5, 5.41) is 0. The molecule has 1 aliphatic heterocycles. The van der Waals surface area contributed by atoms with Crippen LogP contribution in [0.25, 0.3) is 0 Å². The molecular weight excluding hydrogens is 316 g/mol. The molecule has 0 N–H and O–H groups in total. The maximum Gasteiger partial charge on any atom is 0.222 e. The highest BCUT2D eigenvalue weighted by Crippen LogP contribution is 2.32. The monoisotopic (exact) mass is 340 g/mol. The van der Waals surface area contributed by atoms with Crippen molar-refractivity contribution < 1.29 is 14.3 Å². The Balaban J connectivity index is 1.64. The van der Waals surface area contributed by atoms with Crippen molar-refractivity contribution in [2.45, 2.75) is 25.7 Å². The van der Waals surface area contributed by atoms with E-state index in [-0.39, 0.29) is 5.91 Å². The summed E-state index contributed by atoms with van der Waals surface area (Å²) in [6, 6.07) is 9.88. The fourth-order valence-corrected chi connectivity index (χ4v) is 3.24. The van der Waals surface area contributed by atoms with Crippen LogP contribution in [0.15, 0.2) is 36.5 Å². The molecule has 2 aromatic rings. The lowest BCUT2D eigenvalue weighted by Crippen LogP contribution is -2.33. The molecule has 3 rings (SSSR count). The maximum atomic E-state index is 12.6. The summed E-state index contributed by atoms with van der Waals surface area (Å²) in [4.78, 5) is 18.8. The number of carbonyl (C=O) groups is 1. The van der Waals surface area contributed by atoms with Crippen LogP contribution in [0.1, 0.15) is 23.2 Å². The van der Waals surface area contributed by atoms with Gasteiger partial charge in [0, 0.05) is 31.4 Å². The van der Waals surface area contributed by atoms with Crippen molar-refractivity contribution in [1.29, 1.82) is 0 Å². The Morgan fingerprint density at radius 3 is 2.24 bits per heavy atom. The van der Waals surface area contributed by atoms with Crippen LogP contribution in [0.2, 0.25) is 0 Å². The third-order valence-electron chi connectivity index (χ3n) is 4.68. The van der Waals surface area contributed by atoms with Gasteiger partial charge in [-0.05, 0) is 54.7 Å². The van der Waals surface area contributed by atoms with Crippen molar-refractivity contribution in [2.24, 2.45) is 0 Å². The summed E-state index contributed by atoms with van der Waals surface area (Å²) in [6.45, 7) is 1.48. The largest absolute Gasteiger partial charge is 0.493 e. The second kappa shape index (κ2) is 8.01. The Morgan fingerprint density at radius 2 is 1.72 bits per heavy atom. The van der Waals surface area contributed by atoms with Gasteiger partial charge in [0.05, 0.1) is 14.2 Å². The smallest absolute Gasteiger partial charge is 0.222 e. The van der Waals surface area contributed by atoms with E-state index in [4.69, 9.17) is 9.47 Å². The van der Waals surface area contributed by atoms with E-state index in [1.54, 1.807) is 20.4 Å². The number of aromatic nitrogens is 1. The minimum atomic E-state index is 0.192. The number of rotatable bonds is 5. The van der Waals surface area contributed by atoms with E-state index in [9.17, 15) is 4.79 Å². The number of fused-ring (bicyclic) bond motifs is 1. The number of ether oxygens (including phenoxy) is 2. The molecule has 0 saturated heterocycles. The SMILES string of the molecule is COc1cc2c(cc1OC)CCN(C(=O)CCc1ccccn1)CC2. The van der Waals surface area contributed by atoms with Crippen LogP contribution in [0, 0.1) is 0 Å². The third-order valence-corrected chi connectivity index (χ3v) is 4.68. The zero-order valence-electron chi connectivity index (χ0n) is 14.8. The molecule has 2 heterocycles. The lowest BCUT2D eigenvalue weighted by molar-refractivity contribution is -0.131. The van der Waals surface area contributed by atoms with E-state index in [2.05, 4.69) is 4.98 Å². The van der Waals surface area contributed by atoms with Crippen LogP contribution in [-0.4, -0.2) is 43.1 Å². The van der Waals surface area contributed by atoms with Gasteiger partial charge < -0.3 is 14.4 Å². The molecule has 0 fully saturated rings. The predicted octanol–water partition coefficient (Wildman–Crippen LogP) is 2.66. The van der Waals surface area contributed by atoms with Gasteiger partial charge in [-0.25, -0.2) is 0 Å². The molecule has 0 saturated carbocycles. The standard InChI is InChI=1S/C20H24N2O3/c1-24-18-13-15-8-11-22(12-9-16(15)14-19(18)25-2)20(23)7-6-17-5-3-4-10-21-17/h3-5,10,13-14H,6-9,11-12H2,1-2H3.